The van der Waals surface area contributed by atoms with Crippen LogP contribution in [-0.2, 0) is 10.0 Å². The van der Waals surface area contributed by atoms with Gasteiger partial charge in [0.15, 0.2) is 5.82 Å². The number of amides is 1. The molecule has 0 aliphatic heterocycles. The van der Waals surface area contributed by atoms with Crippen LogP contribution >= 0.6 is 11.6 Å². The molecule has 2 N–H and O–H groups in total. The van der Waals surface area contributed by atoms with E-state index in [1.165, 1.54) is 24.4 Å². The summed E-state index contributed by atoms with van der Waals surface area (Å²) in [6, 6.07) is 18.6. The van der Waals surface area contributed by atoms with Gasteiger partial charge in [0, 0.05) is 18.4 Å². The summed E-state index contributed by atoms with van der Waals surface area (Å²) in [5, 5.41) is 0.107. The first-order valence-electron chi connectivity index (χ1n) is 8.77. The molecule has 0 radical (unpaired) electrons. The highest BCUT2D eigenvalue weighted by Crippen LogP contribution is 2.23. The van der Waals surface area contributed by atoms with E-state index in [0.29, 0.717) is 6.54 Å². The molecule has 0 aliphatic carbocycles. The predicted octanol–water partition coefficient (Wildman–Crippen LogP) is 3.71. The number of hydrazine groups is 1. The minimum atomic E-state index is -3.79. The van der Waals surface area contributed by atoms with Crippen LogP contribution in [-0.4, -0.2) is 25.9 Å². The number of nitrogens with one attached hydrogen (secondary N) is 2. The summed E-state index contributed by atoms with van der Waals surface area (Å²) >= 11 is 6.21. The molecule has 0 fully saturated rings. The highest BCUT2D eigenvalue weighted by Gasteiger charge is 2.19. The highest BCUT2D eigenvalue weighted by molar-refractivity contribution is 7.89. The number of para-hydroxylation sites is 1. The monoisotopic (exact) mass is 430 g/mol. The molecule has 2 aromatic carbocycles. The number of carbonyl (C=O) groups excluding carboxylic acids is 1. The second-order valence-electron chi connectivity index (χ2n) is 5.98. The topological polar surface area (TPSA) is 91.4 Å². The van der Waals surface area contributed by atoms with E-state index in [-0.39, 0.29) is 27.2 Å². The minimum Gasteiger partial charge on any atom is -0.309 e. The van der Waals surface area contributed by atoms with Gasteiger partial charge in [0.25, 0.3) is 15.9 Å². The number of anilines is 2. The number of benzene rings is 2. The van der Waals surface area contributed by atoms with E-state index in [9.17, 15) is 13.2 Å². The van der Waals surface area contributed by atoms with E-state index in [2.05, 4.69) is 15.2 Å². The number of rotatable bonds is 7. The molecular weight excluding hydrogens is 412 g/mol. The van der Waals surface area contributed by atoms with Gasteiger partial charge in [0.2, 0.25) is 0 Å². The molecule has 0 saturated carbocycles. The Balaban J connectivity index is 1.75. The molecule has 0 atom stereocenters. The number of sulfonamides is 1. The molecule has 9 heteroatoms. The number of carbonyl (C=O) groups is 1. The lowest BCUT2D eigenvalue weighted by molar-refractivity contribution is 0.0988. The van der Waals surface area contributed by atoms with Crippen molar-refractivity contribution in [1.82, 2.24) is 9.82 Å². The van der Waals surface area contributed by atoms with Gasteiger partial charge in [-0.3, -0.25) is 10.2 Å². The molecule has 1 amide bonds. The van der Waals surface area contributed by atoms with E-state index < -0.39 is 10.0 Å². The van der Waals surface area contributed by atoms with E-state index in [1.807, 2.05) is 37.3 Å². The molecule has 0 saturated heterocycles. The van der Waals surface area contributed by atoms with Crippen molar-refractivity contribution < 1.29 is 13.2 Å². The van der Waals surface area contributed by atoms with Gasteiger partial charge in [-0.05, 0) is 37.3 Å². The number of hydrogen-bond acceptors (Lipinski definition) is 5. The SMILES string of the molecule is CCN(C(=O)c1cnc(NNS(=O)(=O)c2ccccc2)c(Cl)c1)c1ccccc1. The fourth-order valence-electron chi connectivity index (χ4n) is 2.63. The highest BCUT2D eigenvalue weighted by atomic mass is 35.5. The number of hydrogen-bond donors (Lipinski definition) is 2. The average Bonchev–Trinajstić information content (AvgIpc) is 2.74. The van der Waals surface area contributed by atoms with Crippen molar-refractivity contribution in [3.8, 4) is 0 Å². The van der Waals surface area contributed by atoms with Gasteiger partial charge in [-0.15, -0.1) is 4.83 Å². The van der Waals surface area contributed by atoms with E-state index >= 15 is 0 Å². The van der Waals surface area contributed by atoms with Crippen molar-refractivity contribution in [2.24, 2.45) is 0 Å². The summed E-state index contributed by atoms with van der Waals surface area (Å²) in [6.45, 7) is 2.34. The molecule has 1 heterocycles. The van der Waals surface area contributed by atoms with Gasteiger partial charge in [0.1, 0.15) is 0 Å². The summed E-state index contributed by atoms with van der Waals surface area (Å²) in [7, 11) is -3.79. The Bertz CT molecular complexity index is 1090. The average molecular weight is 431 g/mol. The molecule has 1 aromatic heterocycles. The van der Waals surface area contributed by atoms with Gasteiger partial charge in [-0.25, -0.2) is 13.4 Å². The molecule has 150 valence electrons. The van der Waals surface area contributed by atoms with Crippen LogP contribution in [0.1, 0.15) is 17.3 Å². The summed E-state index contributed by atoms with van der Waals surface area (Å²) in [6.07, 6.45) is 1.35. The van der Waals surface area contributed by atoms with Crippen LogP contribution < -0.4 is 15.2 Å². The zero-order valence-electron chi connectivity index (χ0n) is 15.5. The quantitative estimate of drug-likeness (QED) is 0.557. The van der Waals surface area contributed by atoms with Gasteiger partial charge < -0.3 is 4.90 Å². The largest absolute Gasteiger partial charge is 0.309 e. The third kappa shape index (κ3) is 4.92. The predicted molar refractivity (Wildman–Crippen MR) is 113 cm³/mol. The molecule has 0 aliphatic rings. The molecule has 3 rings (SSSR count). The number of halogens is 1. The molecule has 0 bridgehead atoms. The normalized spacial score (nSPS) is 11.1. The fraction of sp³-hybridized carbons (Fsp3) is 0.100. The summed E-state index contributed by atoms with van der Waals surface area (Å²) in [5.74, 6) is -0.171. The first-order valence-corrected chi connectivity index (χ1v) is 10.6. The summed E-state index contributed by atoms with van der Waals surface area (Å²) in [5.41, 5.74) is 3.53. The second kappa shape index (κ2) is 9.04. The third-order valence-electron chi connectivity index (χ3n) is 4.07. The van der Waals surface area contributed by atoms with E-state index in [4.69, 9.17) is 11.6 Å². The zero-order chi connectivity index (χ0) is 20.9. The Morgan fingerprint density at radius 2 is 1.69 bits per heavy atom. The maximum Gasteiger partial charge on any atom is 0.259 e. The lowest BCUT2D eigenvalue weighted by Gasteiger charge is -2.21. The lowest BCUT2D eigenvalue weighted by atomic mass is 10.2. The summed E-state index contributed by atoms with van der Waals surface area (Å²) in [4.78, 5) is 20.8. The van der Waals surface area contributed by atoms with Gasteiger partial charge in [0.05, 0.1) is 15.5 Å². The Kier molecular flexibility index (Phi) is 6.48. The lowest BCUT2D eigenvalue weighted by Crippen LogP contribution is -2.31. The minimum absolute atomic E-state index is 0.0884. The van der Waals surface area contributed by atoms with Crippen molar-refractivity contribution in [3.63, 3.8) is 0 Å². The fourth-order valence-corrected chi connectivity index (χ4v) is 3.71. The smallest absolute Gasteiger partial charge is 0.259 e. The molecule has 7 nitrogen and oxygen atoms in total. The van der Waals surface area contributed by atoms with Gasteiger partial charge >= 0.3 is 0 Å². The van der Waals surface area contributed by atoms with Crippen molar-refractivity contribution in [2.45, 2.75) is 11.8 Å². The van der Waals surface area contributed by atoms with Crippen molar-refractivity contribution >= 4 is 39.0 Å². The van der Waals surface area contributed by atoms with Crippen LogP contribution in [0, 0.1) is 0 Å². The first-order chi connectivity index (χ1) is 13.9. The maximum absolute atomic E-state index is 12.8. The molecule has 0 spiro atoms. The van der Waals surface area contributed by atoms with Gasteiger partial charge in [-0.1, -0.05) is 48.0 Å². The standard InChI is InChI=1S/C20H19ClN4O3S/c1-2-25(16-9-5-3-6-10-16)20(26)15-13-18(21)19(22-14-15)23-24-29(27,28)17-11-7-4-8-12-17/h3-14,24H,2H2,1H3,(H,22,23). The Morgan fingerprint density at radius 3 is 2.28 bits per heavy atom. The van der Waals surface area contributed by atoms with Crippen LogP contribution in [0.25, 0.3) is 0 Å². The van der Waals surface area contributed by atoms with Crippen molar-refractivity contribution in [3.05, 3.63) is 83.5 Å². The second-order valence-corrected chi connectivity index (χ2v) is 8.07. The van der Waals surface area contributed by atoms with Gasteiger partial charge in [-0.2, -0.15) is 0 Å². The van der Waals surface area contributed by atoms with Crippen LogP contribution in [0.2, 0.25) is 5.02 Å². The Morgan fingerprint density at radius 1 is 1.07 bits per heavy atom. The molecule has 29 heavy (non-hydrogen) atoms. The molecule has 3 aromatic rings. The zero-order valence-corrected chi connectivity index (χ0v) is 17.1. The van der Waals surface area contributed by atoms with Crippen molar-refractivity contribution in [2.75, 3.05) is 16.9 Å². The van der Waals surface area contributed by atoms with Crippen LogP contribution in [0.4, 0.5) is 11.5 Å². The third-order valence-corrected chi connectivity index (χ3v) is 5.63. The number of nitrogens with zero attached hydrogens (tertiary/aromatic N) is 2. The maximum atomic E-state index is 12.8. The molecular formula is C20H19ClN4O3S. The summed E-state index contributed by atoms with van der Waals surface area (Å²) < 4.78 is 24.5. The van der Waals surface area contributed by atoms with Crippen LogP contribution in [0.15, 0.2) is 77.8 Å². The number of aromatic nitrogens is 1. The first kappa shape index (κ1) is 20.8. The van der Waals surface area contributed by atoms with E-state index in [0.717, 1.165) is 5.69 Å². The molecule has 0 unspecified atom stereocenters. The van der Waals surface area contributed by atoms with Crippen LogP contribution in [0.5, 0.6) is 0 Å². The number of pyridine rings is 1. The Hall–Kier alpha value is -2.94. The van der Waals surface area contributed by atoms with Crippen molar-refractivity contribution in [1.29, 1.82) is 0 Å². The Labute approximate surface area is 174 Å². The van der Waals surface area contributed by atoms with Crippen LogP contribution in [0.3, 0.4) is 0 Å². The van der Waals surface area contributed by atoms with E-state index in [1.54, 1.807) is 23.1 Å².